The van der Waals surface area contributed by atoms with E-state index in [-0.39, 0.29) is 5.60 Å². The maximum absolute atomic E-state index is 6.19. The van der Waals surface area contributed by atoms with Crippen LogP contribution in [-0.4, -0.2) is 31.8 Å². The second-order valence-corrected chi connectivity index (χ2v) is 7.48. The van der Waals surface area contributed by atoms with Crippen LogP contribution in [0.2, 0.25) is 0 Å². The minimum absolute atomic E-state index is 0.0985. The molecule has 0 bridgehead atoms. The Morgan fingerprint density at radius 2 is 2.05 bits per heavy atom. The van der Waals surface area contributed by atoms with Crippen molar-refractivity contribution in [3.63, 3.8) is 0 Å². The van der Waals surface area contributed by atoms with E-state index in [2.05, 4.69) is 49.2 Å². The van der Waals surface area contributed by atoms with Crippen LogP contribution in [0.25, 0.3) is 0 Å². The van der Waals surface area contributed by atoms with Gasteiger partial charge >= 0.3 is 0 Å². The number of fused-ring (bicyclic) bond motifs is 1. The second kappa shape index (κ2) is 6.49. The summed E-state index contributed by atoms with van der Waals surface area (Å²) in [5.41, 5.74) is 2.67. The summed E-state index contributed by atoms with van der Waals surface area (Å²) < 4.78 is 6.19. The Morgan fingerprint density at radius 1 is 1.27 bits per heavy atom. The zero-order valence-corrected chi connectivity index (χ0v) is 14.3. The molecule has 122 valence electrons. The van der Waals surface area contributed by atoms with Gasteiger partial charge in [-0.1, -0.05) is 13.0 Å². The zero-order valence-electron chi connectivity index (χ0n) is 14.3. The molecule has 1 aromatic carbocycles. The Morgan fingerprint density at radius 3 is 2.77 bits per heavy atom. The van der Waals surface area contributed by atoms with Crippen LogP contribution >= 0.6 is 0 Å². The highest BCUT2D eigenvalue weighted by molar-refractivity contribution is 5.62. The van der Waals surface area contributed by atoms with Gasteiger partial charge in [0, 0.05) is 6.54 Å². The Bertz CT molecular complexity index is 506. The van der Waals surface area contributed by atoms with E-state index < -0.39 is 0 Å². The van der Waals surface area contributed by atoms with E-state index in [9.17, 15) is 0 Å². The topological polar surface area (TPSA) is 24.5 Å². The Kier molecular flexibility index (Phi) is 4.62. The minimum Gasteiger partial charge on any atom is -0.484 e. The van der Waals surface area contributed by atoms with Crippen molar-refractivity contribution in [2.45, 2.75) is 52.1 Å². The van der Waals surface area contributed by atoms with Gasteiger partial charge in [-0.05, 0) is 76.2 Å². The summed E-state index contributed by atoms with van der Waals surface area (Å²) in [7, 11) is 0. The molecule has 3 nitrogen and oxygen atoms in total. The standard InChI is InChI=1S/C19H30N2O/c1-4-11-21-14-19(2,3)22-18-6-5-16(13-17(18)21)12-15-7-9-20-10-8-15/h5-6,13,15,20H,4,7-12,14H2,1-3H3. The summed E-state index contributed by atoms with van der Waals surface area (Å²) in [4.78, 5) is 2.50. The fraction of sp³-hybridized carbons (Fsp3) is 0.684. The van der Waals surface area contributed by atoms with Crippen LogP contribution in [0.5, 0.6) is 5.75 Å². The first kappa shape index (κ1) is 15.7. The Labute approximate surface area is 135 Å². The van der Waals surface area contributed by atoms with Crippen LogP contribution in [-0.2, 0) is 6.42 Å². The lowest BCUT2D eigenvalue weighted by atomic mass is 9.90. The third-order valence-corrected chi connectivity index (χ3v) is 4.80. The van der Waals surface area contributed by atoms with Crippen LogP contribution in [0, 0.1) is 5.92 Å². The smallest absolute Gasteiger partial charge is 0.143 e. The third kappa shape index (κ3) is 3.57. The normalized spacial score (nSPS) is 21.3. The lowest BCUT2D eigenvalue weighted by molar-refractivity contribution is 0.105. The molecule has 0 saturated carbocycles. The largest absolute Gasteiger partial charge is 0.484 e. The van der Waals surface area contributed by atoms with Crippen molar-refractivity contribution in [3.05, 3.63) is 23.8 Å². The second-order valence-electron chi connectivity index (χ2n) is 7.48. The summed E-state index contributed by atoms with van der Waals surface area (Å²) in [6.45, 7) is 11.1. The molecular weight excluding hydrogens is 272 g/mol. The number of nitrogens with zero attached hydrogens (tertiary/aromatic N) is 1. The van der Waals surface area contributed by atoms with E-state index in [4.69, 9.17) is 4.74 Å². The van der Waals surface area contributed by atoms with E-state index in [0.29, 0.717) is 0 Å². The van der Waals surface area contributed by atoms with Crippen molar-refractivity contribution in [2.24, 2.45) is 5.92 Å². The van der Waals surface area contributed by atoms with Gasteiger partial charge in [-0.15, -0.1) is 0 Å². The summed E-state index contributed by atoms with van der Waals surface area (Å²) in [6, 6.07) is 6.84. The molecule has 2 aliphatic heterocycles. The van der Waals surface area contributed by atoms with Gasteiger partial charge in [0.1, 0.15) is 11.4 Å². The number of hydrogen-bond acceptors (Lipinski definition) is 3. The minimum atomic E-state index is -0.0985. The summed E-state index contributed by atoms with van der Waals surface area (Å²) in [5.74, 6) is 1.89. The molecule has 1 fully saturated rings. The maximum atomic E-state index is 6.19. The molecule has 1 aromatic rings. The summed E-state index contributed by atoms with van der Waals surface area (Å²) in [5, 5.41) is 3.46. The van der Waals surface area contributed by atoms with E-state index in [1.807, 2.05) is 0 Å². The lowest BCUT2D eigenvalue weighted by Crippen LogP contribution is -2.47. The molecule has 3 heteroatoms. The molecule has 0 aliphatic carbocycles. The maximum Gasteiger partial charge on any atom is 0.143 e. The van der Waals surface area contributed by atoms with Gasteiger partial charge in [-0.25, -0.2) is 0 Å². The first-order valence-corrected chi connectivity index (χ1v) is 8.85. The van der Waals surface area contributed by atoms with Gasteiger partial charge < -0.3 is 15.0 Å². The molecule has 1 N–H and O–H groups in total. The van der Waals surface area contributed by atoms with Crippen LogP contribution < -0.4 is 15.0 Å². The average molecular weight is 302 g/mol. The third-order valence-electron chi connectivity index (χ3n) is 4.80. The van der Waals surface area contributed by atoms with Gasteiger partial charge in [-0.2, -0.15) is 0 Å². The number of anilines is 1. The molecule has 22 heavy (non-hydrogen) atoms. The number of benzene rings is 1. The molecule has 0 unspecified atom stereocenters. The summed E-state index contributed by atoms with van der Waals surface area (Å²) in [6.07, 6.45) is 4.99. The first-order chi connectivity index (χ1) is 10.6. The highest BCUT2D eigenvalue weighted by atomic mass is 16.5. The monoisotopic (exact) mass is 302 g/mol. The van der Waals surface area contributed by atoms with Gasteiger partial charge in [-0.3, -0.25) is 0 Å². The van der Waals surface area contributed by atoms with Gasteiger partial charge in [0.05, 0.1) is 12.2 Å². The van der Waals surface area contributed by atoms with Crippen molar-refractivity contribution in [1.82, 2.24) is 5.32 Å². The predicted octanol–water partition coefficient (Wildman–Crippen LogP) is 3.62. The average Bonchev–Trinajstić information content (AvgIpc) is 2.48. The molecule has 1 saturated heterocycles. The van der Waals surface area contributed by atoms with Crippen LogP contribution in [0.1, 0.15) is 45.6 Å². The molecule has 0 radical (unpaired) electrons. The molecule has 3 rings (SSSR count). The van der Waals surface area contributed by atoms with Crippen molar-refractivity contribution in [1.29, 1.82) is 0 Å². The Balaban J connectivity index is 1.80. The van der Waals surface area contributed by atoms with E-state index in [1.165, 1.54) is 50.0 Å². The van der Waals surface area contributed by atoms with Crippen molar-refractivity contribution < 1.29 is 4.74 Å². The van der Waals surface area contributed by atoms with Gasteiger partial charge in [0.25, 0.3) is 0 Å². The molecule has 0 aromatic heterocycles. The SMILES string of the molecule is CCCN1CC(C)(C)Oc2ccc(CC3CCNCC3)cc21. The molecule has 0 atom stereocenters. The molecule has 0 amide bonds. The van der Waals surface area contributed by atoms with Crippen molar-refractivity contribution in [3.8, 4) is 5.75 Å². The number of ether oxygens (including phenoxy) is 1. The van der Waals surface area contributed by atoms with Gasteiger partial charge in [0.2, 0.25) is 0 Å². The molecule has 2 aliphatic rings. The van der Waals surface area contributed by atoms with Crippen molar-refractivity contribution in [2.75, 3.05) is 31.1 Å². The van der Waals surface area contributed by atoms with Crippen LogP contribution in [0.15, 0.2) is 18.2 Å². The van der Waals surface area contributed by atoms with Crippen LogP contribution in [0.4, 0.5) is 5.69 Å². The number of hydrogen-bond donors (Lipinski definition) is 1. The van der Waals surface area contributed by atoms with E-state index >= 15 is 0 Å². The number of piperidine rings is 1. The van der Waals surface area contributed by atoms with Crippen LogP contribution in [0.3, 0.4) is 0 Å². The van der Waals surface area contributed by atoms with E-state index in [0.717, 1.165) is 24.8 Å². The fourth-order valence-corrected chi connectivity index (χ4v) is 3.79. The number of nitrogens with one attached hydrogen (secondary N) is 1. The predicted molar refractivity (Wildman–Crippen MR) is 93.0 cm³/mol. The van der Waals surface area contributed by atoms with E-state index in [1.54, 1.807) is 0 Å². The molecular formula is C19H30N2O. The molecule has 2 heterocycles. The quantitative estimate of drug-likeness (QED) is 0.919. The summed E-state index contributed by atoms with van der Waals surface area (Å²) >= 11 is 0. The number of rotatable bonds is 4. The molecule has 0 spiro atoms. The highest BCUT2D eigenvalue weighted by Crippen LogP contribution is 2.38. The zero-order chi connectivity index (χ0) is 15.6. The lowest BCUT2D eigenvalue weighted by Gasteiger charge is -2.41. The Hall–Kier alpha value is -1.22. The highest BCUT2D eigenvalue weighted by Gasteiger charge is 2.31. The first-order valence-electron chi connectivity index (χ1n) is 8.85. The fourth-order valence-electron chi connectivity index (χ4n) is 3.79. The van der Waals surface area contributed by atoms with Gasteiger partial charge in [0.15, 0.2) is 0 Å². The van der Waals surface area contributed by atoms with Crippen molar-refractivity contribution >= 4 is 5.69 Å².